The molecule has 1 aliphatic heterocycles. The highest BCUT2D eigenvalue weighted by Gasteiger charge is 2.27. The van der Waals surface area contributed by atoms with Crippen molar-refractivity contribution in [2.45, 2.75) is 25.6 Å². The van der Waals surface area contributed by atoms with Crippen LogP contribution in [0.2, 0.25) is 10.0 Å². The summed E-state index contributed by atoms with van der Waals surface area (Å²) in [6.45, 7) is 3.00. The Hall–Kier alpha value is -1.74. The van der Waals surface area contributed by atoms with Gasteiger partial charge in [0.25, 0.3) is 0 Å². The lowest BCUT2D eigenvalue weighted by Crippen LogP contribution is -2.29. The van der Waals surface area contributed by atoms with Crippen LogP contribution in [0.5, 0.6) is 0 Å². The van der Waals surface area contributed by atoms with Gasteiger partial charge in [0, 0.05) is 31.5 Å². The van der Waals surface area contributed by atoms with E-state index in [1.165, 1.54) is 16.8 Å². The van der Waals surface area contributed by atoms with Crippen molar-refractivity contribution in [2.75, 3.05) is 6.54 Å². The van der Waals surface area contributed by atoms with Gasteiger partial charge >= 0.3 is 0 Å². The van der Waals surface area contributed by atoms with Crippen molar-refractivity contribution in [1.29, 1.82) is 0 Å². The molecule has 25 heavy (non-hydrogen) atoms. The molecule has 0 bridgehead atoms. The molecular formula is C21H20Cl2N2. The van der Waals surface area contributed by atoms with Crippen LogP contribution in [0.3, 0.4) is 0 Å². The normalized spacial score (nSPS) is 17.9. The quantitative estimate of drug-likeness (QED) is 0.566. The number of halogens is 2. The molecule has 4 rings (SSSR count). The van der Waals surface area contributed by atoms with E-state index in [4.69, 9.17) is 23.2 Å². The number of aromatic nitrogens is 1. The first kappa shape index (κ1) is 16.7. The first-order chi connectivity index (χ1) is 12.2. The molecule has 1 aliphatic rings. The van der Waals surface area contributed by atoms with Crippen LogP contribution in [-0.4, -0.2) is 16.0 Å². The molecule has 2 aromatic carbocycles. The molecule has 3 aromatic rings. The third-order valence-corrected chi connectivity index (χ3v) is 5.58. The van der Waals surface area contributed by atoms with Crippen LogP contribution in [0.15, 0.2) is 66.9 Å². The molecule has 0 fully saturated rings. The summed E-state index contributed by atoms with van der Waals surface area (Å²) in [5.74, 6) is 0. The van der Waals surface area contributed by atoms with Gasteiger partial charge in [-0.15, -0.1) is 0 Å². The van der Waals surface area contributed by atoms with Crippen LogP contribution in [0.25, 0.3) is 0 Å². The molecule has 128 valence electrons. The van der Waals surface area contributed by atoms with E-state index < -0.39 is 0 Å². The Morgan fingerprint density at radius 1 is 0.880 bits per heavy atom. The Morgan fingerprint density at radius 2 is 1.72 bits per heavy atom. The van der Waals surface area contributed by atoms with Crippen molar-refractivity contribution in [2.24, 2.45) is 0 Å². The maximum absolute atomic E-state index is 6.33. The third-order valence-electron chi connectivity index (χ3n) is 4.84. The Labute approximate surface area is 158 Å². The number of nitrogens with zero attached hydrogens (tertiary/aromatic N) is 2. The highest BCUT2D eigenvalue weighted by molar-refractivity contribution is 6.42. The Bertz CT molecular complexity index is 857. The average Bonchev–Trinajstić information content (AvgIpc) is 3.00. The van der Waals surface area contributed by atoms with Crippen LogP contribution in [-0.2, 0) is 13.1 Å². The topological polar surface area (TPSA) is 8.17 Å². The van der Waals surface area contributed by atoms with Gasteiger partial charge in [0.1, 0.15) is 0 Å². The molecule has 1 aromatic heterocycles. The van der Waals surface area contributed by atoms with E-state index in [-0.39, 0.29) is 6.04 Å². The van der Waals surface area contributed by atoms with Crippen LogP contribution < -0.4 is 0 Å². The van der Waals surface area contributed by atoms with Crippen molar-refractivity contribution < 1.29 is 0 Å². The SMILES string of the molecule is Clc1ccc([C@H]2c3cccn3CCCN2Cc2ccccc2)cc1Cl. The molecule has 4 heteroatoms. The standard InChI is InChI=1S/C21H20Cl2N2/c22-18-10-9-17(14-19(18)23)21-20-8-4-11-24(20)12-5-13-25(21)15-16-6-2-1-3-7-16/h1-4,6-11,14,21H,5,12-13,15H2/t21-/m0/s1. The van der Waals surface area contributed by atoms with E-state index in [0.717, 1.165) is 26.1 Å². The number of hydrogen-bond acceptors (Lipinski definition) is 1. The van der Waals surface area contributed by atoms with Crippen LogP contribution >= 0.6 is 23.2 Å². The summed E-state index contributed by atoms with van der Waals surface area (Å²) in [4.78, 5) is 2.54. The van der Waals surface area contributed by atoms with Gasteiger partial charge in [-0.25, -0.2) is 0 Å². The first-order valence-electron chi connectivity index (χ1n) is 8.60. The lowest BCUT2D eigenvalue weighted by Gasteiger charge is -2.31. The fourth-order valence-corrected chi connectivity index (χ4v) is 4.00. The predicted molar refractivity (Wildman–Crippen MR) is 104 cm³/mol. The van der Waals surface area contributed by atoms with E-state index in [0.29, 0.717) is 10.0 Å². The minimum absolute atomic E-state index is 0.174. The fraction of sp³-hybridized carbons (Fsp3) is 0.238. The molecule has 2 heterocycles. The van der Waals surface area contributed by atoms with E-state index in [2.05, 4.69) is 64.2 Å². The molecule has 0 saturated carbocycles. The minimum atomic E-state index is 0.174. The zero-order valence-electron chi connectivity index (χ0n) is 13.9. The number of hydrogen-bond donors (Lipinski definition) is 0. The van der Waals surface area contributed by atoms with Gasteiger partial charge in [0.2, 0.25) is 0 Å². The highest BCUT2D eigenvalue weighted by atomic mass is 35.5. The second-order valence-corrected chi connectivity index (χ2v) is 7.33. The maximum Gasteiger partial charge on any atom is 0.0759 e. The number of fused-ring (bicyclic) bond motifs is 1. The Balaban J connectivity index is 1.76. The summed E-state index contributed by atoms with van der Waals surface area (Å²) in [6.07, 6.45) is 3.30. The summed E-state index contributed by atoms with van der Waals surface area (Å²) in [7, 11) is 0. The Kier molecular flexibility index (Phi) is 4.85. The van der Waals surface area contributed by atoms with Gasteiger partial charge in [-0.05, 0) is 41.8 Å². The third kappa shape index (κ3) is 3.48. The highest BCUT2D eigenvalue weighted by Crippen LogP contribution is 2.35. The fourth-order valence-electron chi connectivity index (χ4n) is 3.69. The second kappa shape index (κ2) is 7.25. The summed E-state index contributed by atoms with van der Waals surface area (Å²) in [6, 6.07) is 21.2. The molecule has 0 amide bonds. The lowest BCUT2D eigenvalue weighted by molar-refractivity contribution is 0.220. The average molecular weight is 371 g/mol. The van der Waals surface area contributed by atoms with Gasteiger partial charge in [0.15, 0.2) is 0 Å². The molecule has 0 spiro atoms. The molecule has 0 radical (unpaired) electrons. The van der Waals surface area contributed by atoms with Crippen molar-refractivity contribution in [3.8, 4) is 0 Å². The first-order valence-corrected chi connectivity index (χ1v) is 9.36. The van der Waals surface area contributed by atoms with E-state index in [9.17, 15) is 0 Å². The van der Waals surface area contributed by atoms with Crippen LogP contribution in [0, 0.1) is 0 Å². The van der Waals surface area contributed by atoms with Crippen LogP contribution in [0.4, 0.5) is 0 Å². The van der Waals surface area contributed by atoms with E-state index >= 15 is 0 Å². The number of aryl methyl sites for hydroxylation is 1. The van der Waals surface area contributed by atoms with Crippen molar-refractivity contribution in [3.63, 3.8) is 0 Å². The molecule has 0 aliphatic carbocycles. The zero-order chi connectivity index (χ0) is 17.2. The van der Waals surface area contributed by atoms with Crippen molar-refractivity contribution >= 4 is 23.2 Å². The molecule has 1 atom stereocenters. The summed E-state index contributed by atoms with van der Waals surface area (Å²) in [5, 5.41) is 1.21. The van der Waals surface area contributed by atoms with Crippen molar-refractivity contribution in [1.82, 2.24) is 9.47 Å². The van der Waals surface area contributed by atoms with E-state index in [1.54, 1.807) is 0 Å². The smallest absolute Gasteiger partial charge is 0.0759 e. The zero-order valence-corrected chi connectivity index (χ0v) is 15.4. The molecule has 0 saturated heterocycles. The summed E-state index contributed by atoms with van der Waals surface area (Å²) in [5.41, 5.74) is 3.83. The van der Waals surface area contributed by atoms with Gasteiger partial charge < -0.3 is 4.57 Å². The minimum Gasteiger partial charge on any atom is -0.350 e. The monoisotopic (exact) mass is 370 g/mol. The number of rotatable bonds is 3. The van der Waals surface area contributed by atoms with Gasteiger partial charge in [-0.3, -0.25) is 4.90 Å². The molecule has 2 nitrogen and oxygen atoms in total. The number of benzene rings is 2. The van der Waals surface area contributed by atoms with Crippen LogP contribution in [0.1, 0.15) is 29.3 Å². The van der Waals surface area contributed by atoms with E-state index in [1.807, 2.05) is 12.1 Å². The van der Waals surface area contributed by atoms with Gasteiger partial charge in [-0.2, -0.15) is 0 Å². The summed E-state index contributed by atoms with van der Waals surface area (Å²) >= 11 is 12.5. The largest absolute Gasteiger partial charge is 0.350 e. The molecule has 0 unspecified atom stereocenters. The van der Waals surface area contributed by atoms with Crippen molar-refractivity contribution in [3.05, 3.63) is 93.7 Å². The summed E-state index contributed by atoms with van der Waals surface area (Å²) < 4.78 is 2.36. The molecule has 0 N–H and O–H groups in total. The second-order valence-electron chi connectivity index (χ2n) is 6.51. The predicted octanol–water partition coefficient (Wildman–Crippen LogP) is 5.79. The lowest BCUT2D eigenvalue weighted by atomic mass is 10.0. The van der Waals surface area contributed by atoms with Gasteiger partial charge in [-0.1, -0.05) is 59.6 Å². The maximum atomic E-state index is 6.33. The molecular weight excluding hydrogens is 351 g/mol. The van der Waals surface area contributed by atoms with Gasteiger partial charge in [0.05, 0.1) is 16.1 Å². The Morgan fingerprint density at radius 3 is 2.52 bits per heavy atom.